The zero-order valence-corrected chi connectivity index (χ0v) is 11.7. The Hall–Kier alpha value is 0.530. The average molecular weight is 344 g/mol. The summed E-state index contributed by atoms with van der Waals surface area (Å²) in [5.74, 6) is -0.674. The maximum Gasteiger partial charge on any atom is 0.186 e. The van der Waals surface area contributed by atoms with Gasteiger partial charge < -0.3 is 24.1 Å². The lowest BCUT2D eigenvalue weighted by molar-refractivity contribution is -0.263. The van der Waals surface area contributed by atoms with Gasteiger partial charge in [0.05, 0.1) is 6.10 Å². The van der Waals surface area contributed by atoms with E-state index >= 15 is 0 Å². The van der Waals surface area contributed by atoms with E-state index in [1.807, 2.05) is 13.8 Å². The average Bonchev–Trinajstić information content (AvgIpc) is 2.55. The van der Waals surface area contributed by atoms with Crippen molar-refractivity contribution in [1.82, 2.24) is 0 Å². The number of aliphatic hydroxyl groups excluding tert-OH is 1. The van der Waals surface area contributed by atoms with Crippen molar-refractivity contribution in [3.05, 3.63) is 0 Å². The molecule has 0 saturated carbocycles. The minimum Gasteiger partial charge on any atom is -0.385 e. The monoisotopic (exact) mass is 344 g/mol. The zero-order valence-electron chi connectivity index (χ0n) is 9.55. The Morgan fingerprint density at radius 1 is 1.31 bits per heavy atom. The Bertz CT molecular complexity index is 260. The number of rotatable bonds is 2. The van der Waals surface area contributed by atoms with Gasteiger partial charge in [0, 0.05) is 11.5 Å². The highest BCUT2D eigenvalue weighted by Crippen LogP contribution is 2.37. The molecule has 0 unspecified atom stereocenters. The van der Waals surface area contributed by atoms with Crippen molar-refractivity contribution in [2.45, 2.75) is 50.3 Å². The molecular weight excluding hydrogens is 327 g/mol. The molecule has 2 fully saturated rings. The van der Waals surface area contributed by atoms with E-state index in [9.17, 15) is 5.11 Å². The first-order chi connectivity index (χ1) is 7.48. The molecule has 0 aliphatic carbocycles. The third kappa shape index (κ3) is 2.23. The standard InChI is InChI=1S/C10H17IO5/c1-10(2)15-7-5(4-11)14-9(13-3)6(12)8(7)16-10/h5-9,12H,4H2,1-3H3/t5-,6-,7-,8+,9-/m1/s1. The summed E-state index contributed by atoms with van der Waals surface area (Å²) in [6.07, 6.45) is -2.17. The summed E-state index contributed by atoms with van der Waals surface area (Å²) >= 11 is 2.23. The molecule has 0 aromatic heterocycles. The van der Waals surface area contributed by atoms with Crippen LogP contribution < -0.4 is 0 Å². The van der Waals surface area contributed by atoms with Crippen LogP contribution in [0, 0.1) is 0 Å². The van der Waals surface area contributed by atoms with E-state index in [-0.39, 0.29) is 18.3 Å². The summed E-state index contributed by atoms with van der Waals surface area (Å²) in [4.78, 5) is 0. The summed E-state index contributed by atoms with van der Waals surface area (Å²) < 4.78 is 22.9. The van der Waals surface area contributed by atoms with E-state index in [0.717, 1.165) is 4.43 Å². The van der Waals surface area contributed by atoms with Crippen LogP contribution in [-0.2, 0) is 18.9 Å². The second-order valence-corrected chi connectivity index (χ2v) is 5.37. The highest BCUT2D eigenvalue weighted by Gasteiger charge is 2.54. The van der Waals surface area contributed by atoms with Crippen molar-refractivity contribution in [2.75, 3.05) is 11.5 Å². The van der Waals surface area contributed by atoms with Crippen LogP contribution in [-0.4, -0.2) is 53.1 Å². The third-order valence-corrected chi connectivity index (χ3v) is 3.71. The molecular formula is C10H17IO5. The molecule has 5 atom stereocenters. The van der Waals surface area contributed by atoms with E-state index < -0.39 is 18.2 Å². The molecule has 2 aliphatic heterocycles. The zero-order chi connectivity index (χ0) is 11.9. The Morgan fingerprint density at radius 3 is 2.50 bits per heavy atom. The Kier molecular flexibility index (Phi) is 3.78. The molecule has 5 nitrogen and oxygen atoms in total. The smallest absolute Gasteiger partial charge is 0.186 e. The van der Waals surface area contributed by atoms with E-state index in [0.29, 0.717) is 0 Å². The number of alkyl halides is 1. The van der Waals surface area contributed by atoms with Gasteiger partial charge in [-0.3, -0.25) is 0 Å². The highest BCUT2D eigenvalue weighted by molar-refractivity contribution is 14.1. The first-order valence-electron chi connectivity index (χ1n) is 5.26. The molecule has 1 N–H and O–H groups in total. The van der Waals surface area contributed by atoms with Gasteiger partial charge in [-0.1, -0.05) is 22.6 Å². The molecule has 16 heavy (non-hydrogen) atoms. The van der Waals surface area contributed by atoms with Crippen LogP contribution in [0.25, 0.3) is 0 Å². The SMILES string of the molecule is CO[C@@H]1O[C@H](CI)[C@H]2OC(C)(C)O[C@H]2[C@H]1O. The van der Waals surface area contributed by atoms with E-state index in [2.05, 4.69) is 22.6 Å². The molecule has 0 spiro atoms. The molecule has 0 aromatic carbocycles. The van der Waals surface area contributed by atoms with Gasteiger partial charge in [-0.25, -0.2) is 0 Å². The van der Waals surface area contributed by atoms with Gasteiger partial charge in [0.15, 0.2) is 12.1 Å². The summed E-state index contributed by atoms with van der Waals surface area (Å²) in [5.41, 5.74) is 0. The van der Waals surface area contributed by atoms with Gasteiger partial charge in [-0.15, -0.1) is 0 Å². The molecule has 2 heterocycles. The molecule has 6 heteroatoms. The van der Waals surface area contributed by atoms with Crippen LogP contribution in [0.15, 0.2) is 0 Å². The number of halogens is 1. The van der Waals surface area contributed by atoms with Crippen LogP contribution >= 0.6 is 22.6 Å². The van der Waals surface area contributed by atoms with Gasteiger partial charge in [-0.05, 0) is 13.8 Å². The van der Waals surface area contributed by atoms with Crippen molar-refractivity contribution < 1.29 is 24.1 Å². The summed E-state index contributed by atoms with van der Waals surface area (Å²) in [5, 5.41) is 10.0. The highest BCUT2D eigenvalue weighted by atomic mass is 127. The predicted molar refractivity (Wildman–Crippen MR) is 64.4 cm³/mol. The van der Waals surface area contributed by atoms with Crippen molar-refractivity contribution in [3.8, 4) is 0 Å². The van der Waals surface area contributed by atoms with Gasteiger partial charge in [0.2, 0.25) is 0 Å². The number of fused-ring (bicyclic) bond motifs is 1. The second kappa shape index (κ2) is 4.66. The maximum atomic E-state index is 10.0. The Balaban J connectivity index is 2.18. The number of hydrogen-bond acceptors (Lipinski definition) is 5. The quantitative estimate of drug-likeness (QED) is 0.590. The van der Waals surface area contributed by atoms with Crippen LogP contribution in [0.2, 0.25) is 0 Å². The van der Waals surface area contributed by atoms with E-state index in [1.54, 1.807) is 0 Å². The summed E-state index contributed by atoms with van der Waals surface area (Å²) in [7, 11) is 1.51. The topological polar surface area (TPSA) is 57.2 Å². The van der Waals surface area contributed by atoms with Crippen molar-refractivity contribution in [1.29, 1.82) is 0 Å². The summed E-state index contributed by atoms with van der Waals surface area (Å²) in [6, 6.07) is 0. The van der Waals surface area contributed by atoms with Gasteiger partial charge in [-0.2, -0.15) is 0 Å². The molecule has 0 aromatic rings. The molecule has 94 valence electrons. The molecule has 2 aliphatic rings. The second-order valence-electron chi connectivity index (χ2n) is 4.49. The fraction of sp³-hybridized carbons (Fsp3) is 1.00. The molecule has 0 amide bonds. The fourth-order valence-corrected chi connectivity index (χ4v) is 2.88. The fourth-order valence-electron chi connectivity index (χ4n) is 2.17. The summed E-state index contributed by atoms with van der Waals surface area (Å²) in [6.45, 7) is 3.67. The Morgan fingerprint density at radius 2 is 1.94 bits per heavy atom. The van der Waals surface area contributed by atoms with Crippen molar-refractivity contribution >= 4 is 22.6 Å². The van der Waals surface area contributed by atoms with Crippen LogP contribution in [0.5, 0.6) is 0 Å². The minimum atomic E-state index is -0.809. The lowest BCUT2D eigenvalue weighted by Crippen LogP contribution is -2.57. The number of aliphatic hydroxyl groups is 1. The number of methoxy groups -OCH3 is 1. The number of hydrogen-bond donors (Lipinski definition) is 1. The van der Waals surface area contributed by atoms with Crippen LogP contribution in [0.4, 0.5) is 0 Å². The largest absolute Gasteiger partial charge is 0.385 e. The van der Waals surface area contributed by atoms with Crippen LogP contribution in [0.1, 0.15) is 13.8 Å². The van der Waals surface area contributed by atoms with E-state index in [1.165, 1.54) is 7.11 Å². The van der Waals surface area contributed by atoms with Gasteiger partial charge in [0.25, 0.3) is 0 Å². The molecule has 2 rings (SSSR count). The third-order valence-electron chi connectivity index (χ3n) is 2.84. The predicted octanol–water partition coefficient (Wildman–Crippen LogP) is 0.674. The normalized spacial score (nSPS) is 46.7. The lowest BCUT2D eigenvalue weighted by Gasteiger charge is -2.38. The van der Waals surface area contributed by atoms with Crippen molar-refractivity contribution in [2.24, 2.45) is 0 Å². The lowest BCUT2D eigenvalue weighted by atomic mass is 10.0. The van der Waals surface area contributed by atoms with Crippen molar-refractivity contribution in [3.63, 3.8) is 0 Å². The number of ether oxygens (including phenoxy) is 4. The van der Waals surface area contributed by atoms with Gasteiger partial charge >= 0.3 is 0 Å². The molecule has 2 saturated heterocycles. The van der Waals surface area contributed by atoms with Gasteiger partial charge in [0.1, 0.15) is 18.3 Å². The van der Waals surface area contributed by atoms with Crippen LogP contribution in [0.3, 0.4) is 0 Å². The molecule has 0 bridgehead atoms. The minimum absolute atomic E-state index is 0.110. The first kappa shape index (κ1) is 13.0. The Labute approximate surface area is 109 Å². The maximum absolute atomic E-state index is 10.0. The van der Waals surface area contributed by atoms with E-state index in [4.69, 9.17) is 18.9 Å². The molecule has 0 radical (unpaired) electrons. The first-order valence-corrected chi connectivity index (χ1v) is 6.79.